The second-order valence-electron chi connectivity index (χ2n) is 2.41. The number of allylic oxidation sites excluding steroid dienone is 3. The predicted octanol–water partition coefficient (Wildman–Crippen LogP) is 2.46. The zero-order valence-corrected chi connectivity index (χ0v) is 7.75. The van der Waals surface area contributed by atoms with Crippen molar-refractivity contribution in [3.8, 4) is 0 Å². The van der Waals surface area contributed by atoms with Gasteiger partial charge in [-0.3, -0.25) is 0 Å². The maximum Gasteiger partial charge on any atom is 0.330 e. The van der Waals surface area contributed by atoms with Crippen molar-refractivity contribution in [2.24, 2.45) is 0 Å². The average Bonchev–Trinajstić information content (AvgIpc) is 2.06. The molecule has 0 atom stereocenters. The number of unbranched alkanes of at least 4 members (excludes halogenated alkanes) is 1. The quantitative estimate of drug-likeness (QED) is 0.273. The van der Waals surface area contributed by atoms with Gasteiger partial charge < -0.3 is 4.74 Å². The molecule has 68 valence electrons. The first-order valence-electron chi connectivity index (χ1n) is 4.27. The standard InChI is InChI=1S/C10H16O2/c1-3-5-7-8-10(11)12-9-6-4-2/h3,5,7-8H,4,6,9H2,1-2H3/b5-3-,8-7-. The molecule has 0 saturated heterocycles. The first kappa shape index (κ1) is 11.0. The van der Waals surface area contributed by atoms with Crippen LogP contribution >= 0.6 is 0 Å². The summed E-state index contributed by atoms with van der Waals surface area (Å²) in [6.45, 7) is 4.48. The molecule has 0 amide bonds. The van der Waals surface area contributed by atoms with Crippen LogP contribution in [-0.2, 0) is 9.53 Å². The molecule has 2 heteroatoms. The fraction of sp³-hybridized carbons (Fsp3) is 0.500. The summed E-state index contributed by atoms with van der Waals surface area (Å²) >= 11 is 0. The van der Waals surface area contributed by atoms with E-state index in [0.29, 0.717) is 6.61 Å². The minimum absolute atomic E-state index is 0.262. The Morgan fingerprint density at radius 3 is 2.75 bits per heavy atom. The normalized spacial score (nSPS) is 11.2. The van der Waals surface area contributed by atoms with E-state index in [2.05, 4.69) is 6.92 Å². The third kappa shape index (κ3) is 7.06. The number of hydrogen-bond donors (Lipinski definition) is 0. The van der Waals surface area contributed by atoms with Crippen molar-refractivity contribution < 1.29 is 9.53 Å². The van der Waals surface area contributed by atoms with Gasteiger partial charge in [0.25, 0.3) is 0 Å². The van der Waals surface area contributed by atoms with E-state index in [9.17, 15) is 4.79 Å². The minimum atomic E-state index is -0.262. The summed E-state index contributed by atoms with van der Waals surface area (Å²) in [5.41, 5.74) is 0. The Labute approximate surface area is 73.9 Å². The van der Waals surface area contributed by atoms with Crippen LogP contribution in [-0.4, -0.2) is 12.6 Å². The molecule has 12 heavy (non-hydrogen) atoms. The Bertz CT molecular complexity index is 169. The first-order chi connectivity index (χ1) is 5.81. The largest absolute Gasteiger partial charge is 0.463 e. The summed E-state index contributed by atoms with van der Waals surface area (Å²) < 4.78 is 4.87. The zero-order valence-electron chi connectivity index (χ0n) is 7.75. The smallest absolute Gasteiger partial charge is 0.330 e. The van der Waals surface area contributed by atoms with Crippen LogP contribution in [0.4, 0.5) is 0 Å². The lowest BCUT2D eigenvalue weighted by Gasteiger charge is -1.97. The van der Waals surface area contributed by atoms with Gasteiger partial charge in [0.15, 0.2) is 0 Å². The van der Waals surface area contributed by atoms with Crippen LogP contribution in [0.5, 0.6) is 0 Å². The van der Waals surface area contributed by atoms with Crippen molar-refractivity contribution in [3.05, 3.63) is 24.3 Å². The number of carbonyl (C=O) groups is 1. The molecule has 0 aromatic rings. The van der Waals surface area contributed by atoms with Crippen LogP contribution in [0.3, 0.4) is 0 Å². The highest BCUT2D eigenvalue weighted by molar-refractivity contribution is 5.82. The number of ether oxygens (including phenoxy) is 1. The van der Waals surface area contributed by atoms with Gasteiger partial charge >= 0.3 is 5.97 Å². The summed E-state index contributed by atoms with van der Waals surface area (Å²) in [4.78, 5) is 10.8. The van der Waals surface area contributed by atoms with E-state index in [1.807, 2.05) is 13.0 Å². The van der Waals surface area contributed by atoms with E-state index in [0.717, 1.165) is 12.8 Å². The maximum atomic E-state index is 10.8. The Morgan fingerprint density at radius 2 is 2.17 bits per heavy atom. The van der Waals surface area contributed by atoms with E-state index in [4.69, 9.17) is 4.74 Å². The second-order valence-corrected chi connectivity index (χ2v) is 2.41. The van der Waals surface area contributed by atoms with Crippen molar-refractivity contribution in [2.75, 3.05) is 6.61 Å². The maximum absolute atomic E-state index is 10.8. The third-order valence-corrected chi connectivity index (χ3v) is 1.28. The molecule has 0 heterocycles. The highest BCUT2D eigenvalue weighted by Crippen LogP contribution is 1.89. The minimum Gasteiger partial charge on any atom is -0.463 e. The Balaban J connectivity index is 3.45. The summed E-state index contributed by atoms with van der Waals surface area (Å²) in [6.07, 6.45) is 8.73. The SMILES string of the molecule is C/C=C\C=C/C(=O)OCCCC. The molecule has 0 spiro atoms. The van der Waals surface area contributed by atoms with E-state index < -0.39 is 0 Å². The topological polar surface area (TPSA) is 26.3 Å². The second kappa shape index (κ2) is 8.05. The molecule has 0 saturated carbocycles. The van der Waals surface area contributed by atoms with Crippen molar-refractivity contribution >= 4 is 5.97 Å². The fourth-order valence-corrected chi connectivity index (χ4v) is 0.610. The lowest BCUT2D eigenvalue weighted by atomic mass is 10.4. The summed E-state index contributed by atoms with van der Waals surface area (Å²) in [5.74, 6) is -0.262. The van der Waals surface area contributed by atoms with E-state index in [1.54, 1.807) is 12.2 Å². The molecule has 2 nitrogen and oxygen atoms in total. The first-order valence-corrected chi connectivity index (χ1v) is 4.27. The number of rotatable bonds is 5. The summed E-state index contributed by atoms with van der Waals surface area (Å²) in [5, 5.41) is 0. The zero-order chi connectivity index (χ0) is 9.23. The molecule has 0 fully saturated rings. The Morgan fingerprint density at radius 1 is 1.42 bits per heavy atom. The van der Waals surface area contributed by atoms with Crippen LogP contribution in [0.1, 0.15) is 26.7 Å². The molecule has 0 bridgehead atoms. The van der Waals surface area contributed by atoms with Gasteiger partial charge in [0.05, 0.1) is 6.61 Å². The van der Waals surface area contributed by atoms with Crippen molar-refractivity contribution in [3.63, 3.8) is 0 Å². The molecular formula is C10H16O2. The monoisotopic (exact) mass is 168 g/mol. The van der Waals surface area contributed by atoms with Gasteiger partial charge in [-0.2, -0.15) is 0 Å². The van der Waals surface area contributed by atoms with Crippen LogP contribution in [0.25, 0.3) is 0 Å². The molecule has 0 aliphatic carbocycles. The molecule has 0 radical (unpaired) electrons. The van der Waals surface area contributed by atoms with Crippen molar-refractivity contribution in [1.29, 1.82) is 0 Å². The Kier molecular flexibility index (Phi) is 7.35. The van der Waals surface area contributed by atoms with Gasteiger partial charge in [-0.05, 0) is 13.3 Å². The number of carbonyl (C=O) groups excluding carboxylic acids is 1. The lowest BCUT2D eigenvalue weighted by Crippen LogP contribution is -2.01. The highest BCUT2D eigenvalue weighted by atomic mass is 16.5. The number of hydrogen-bond acceptors (Lipinski definition) is 2. The van der Waals surface area contributed by atoms with Gasteiger partial charge in [-0.1, -0.05) is 31.6 Å². The highest BCUT2D eigenvalue weighted by Gasteiger charge is 1.93. The summed E-state index contributed by atoms with van der Waals surface area (Å²) in [6, 6.07) is 0. The van der Waals surface area contributed by atoms with Crippen LogP contribution in [0.2, 0.25) is 0 Å². The molecule has 0 aliphatic heterocycles. The van der Waals surface area contributed by atoms with Gasteiger partial charge in [0.2, 0.25) is 0 Å². The predicted molar refractivity (Wildman–Crippen MR) is 49.8 cm³/mol. The lowest BCUT2D eigenvalue weighted by molar-refractivity contribution is -0.137. The van der Waals surface area contributed by atoms with E-state index >= 15 is 0 Å². The van der Waals surface area contributed by atoms with Crippen molar-refractivity contribution in [1.82, 2.24) is 0 Å². The van der Waals surface area contributed by atoms with Gasteiger partial charge in [-0.25, -0.2) is 4.79 Å². The molecule has 0 N–H and O–H groups in total. The molecule has 0 unspecified atom stereocenters. The van der Waals surface area contributed by atoms with E-state index in [1.165, 1.54) is 6.08 Å². The van der Waals surface area contributed by atoms with Crippen molar-refractivity contribution in [2.45, 2.75) is 26.7 Å². The Hall–Kier alpha value is -1.05. The van der Waals surface area contributed by atoms with Crippen LogP contribution in [0.15, 0.2) is 24.3 Å². The van der Waals surface area contributed by atoms with Gasteiger partial charge in [0, 0.05) is 6.08 Å². The number of esters is 1. The third-order valence-electron chi connectivity index (χ3n) is 1.28. The van der Waals surface area contributed by atoms with Gasteiger partial charge in [0.1, 0.15) is 0 Å². The average molecular weight is 168 g/mol. The molecule has 0 rings (SSSR count). The van der Waals surface area contributed by atoms with Crippen LogP contribution in [0, 0.1) is 0 Å². The molecule has 0 aromatic carbocycles. The summed E-state index contributed by atoms with van der Waals surface area (Å²) in [7, 11) is 0. The van der Waals surface area contributed by atoms with E-state index in [-0.39, 0.29) is 5.97 Å². The molecule has 0 aromatic heterocycles. The van der Waals surface area contributed by atoms with Crippen LogP contribution < -0.4 is 0 Å². The molecular weight excluding hydrogens is 152 g/mol. The van der Waals surface area contributed by atoms with Gasteiger partial charge in [-0.15, -0.1) is 0 Å². The fourth-order valence-electron chi connectivity index (χ4n) is 0.610. The molecule has 0 aliphatic rings.